The molecule has 29 heavy (non-hydrogen) atoms. The van der Waals surface area contributed by atoms with Gasteiger partial charge in [0, 0.05) is 19.2 Å². The smallest absolute Gasteiger partial charge is 0.295 e. The van der Waals surface area contributed by atoms with Crippen molar-refractivity contribution in [3.63, 3.8) is 0 Å². The van der Waals surface area contributed by atoms with Crippen LogP contribution in [0.15, 0.2) is 48.0 Å². The average Bonchev–Trinajstić information content (AvgIpc) is 2.98. The number of amides is 1. The van der Waals surface area contributed by atoms with E-state index in [2.05, 4.69) is 0 Å². The molecule has 0 spiro atoms. The lowest BCUT2D eigenvalue weighted by Gasteiger charge is -2.25. The number of carbonyl (C=O) groups is 2. The van der Waals surface area contributed by atoms with Gasteiger partial charge in [-0.25, -0.2) is 0 Å². The Morgan fingerprint density at radius 3 is 2.45 bits per heavy atom. The standard InChI is InChI=1S/C22H22ClNO5/c1-3-13-4-6-14(7-5-13)20(26)18-19(15-8-9-17(25)16(23)12-15)24(10-11-29-2)22(28)21(18)27/h4-9,12,19,25-26H,3,10-11H2,1-2H3/b20-18-. The Hall–Kier alpha value is -2.83. The van der Waals surface area contributed by atoms with Crippen molar-refractivity contribution in [3.05, 3.63) is 69.8 Å². The molecule has 0 saturated carbocycles. The van der Waals surface area contributed by atoms with Crippen molar-refractivity contribution in [1.29, 1.82) is 0 Å². The molecule has 0 aliphatic carbocycles. The fourth-order valence-corrected chi connectivity index (χ4v) is 3.58. The van der Waals surface area contributed by atoms with Gasteiger partial charge >= 0.3 is 0 Å². The van der Waals surface area contributed by atoms with E-state index in [-0.39, 0.29) is 35.3 Å². The second-order valence-corrected chi connectivity index (χ2v) is 7.15. The molecule has 0 radical (unpaired) electrons. The van der Waals surface area contributed by atoms with E-state index in [1.165, 1.54) is 24.1 Å². The number of ether oxygens (including phenoxy) is 1. The van der Waals surface area contributed by atoms with Crippen LogP contribution in [0.4, 0.5) is 0 Å². The van der Waals surface area contributed by atoms with E-state index in [4.69, 9.17) is 16.3 Å². The molecule has 0 bridgehead atoms. The van der Waals surface area contributed by atoms with Crippen LogP contribution in [0.5, 0.6) is 5.75 Å². The number of likely N-dealkylation sites (tertiary alicyclic amines) is 1. The van der Waals surface area contributed by atoms with Gasteiger partial charge in [-0.05, 0) is 29.7 Å². The first kappa shape index (κ1) is 20.9. The second-order valence-electron chi connectivity index (χ2n) is 6.75. The first-order valence-electron chi connectivity index (χ1n) is 9.24. The number of phenolic OH excluding ortho intramolecular Hbond substituents is 1. The predicted octanol–water partition coefficient (Wildman–Crippen LogP) is 3.68. The zero-order valence-corrected chi connectivity index (χ0v) is 16.9. The van der Waals surface area contributed by atoms with Crippen LogP contribution in [0.25, 0.3) is 5.76 Å². The normalized spacial score (nSPS) is 18.4. The predicted molar refractivity (Wildman–Crippen MR) is 110 cm³/mol. The molecule has 1 aliphatic rings. The Bertz CT molecular complexity index is 968. The van der Waals surface area contributed by atoms with Crippen LogP contribution in [0.1, 0.15) is 29.7 Å². The summed E-state index contributed by atoms with van der Waals surface area (Å²) in [5, 5.41) is 20.8. The Balaban J connectivity index is 2.15. The van der Waals surface area contributed by atoms with Gasteiger partial charge in [0.05, 0.1) is 23.2 Å². The van der Waals surface area contributed by atoms with Crippen LogP contribution in [-0.2, 0) is 20.7 Å². The summed E-state index contributed by atoms with van der Waals surface area (Å²) in [4.78, 5) is 26.9. The van der Waals surface area contributed by atoms with Gasteiger partial charge in [-0.3, -0.25) is 9.59 Å². The number of aliphatic hydroxyl groups excluding tert-OH is 1. The van der Waals surface area contributed by atoms with Crippen LogP contribution in [-0.4, -0.2) is 47.1 Å². The number of hydrogen-bond acceptors (Lipinski definition) is 5. The van der Waals surface area contributed by atoms with E-state index in [0.29, 0.717) is 11.1 Å². The molecule has 1 unspecified atom stereocenters. The molecule has 2 N–H and O–H groups in total. The Labute approximate surface area is 174 Å². The molecule has 7 heteroatoms. The topological polar surface area (TPSA) is 87.1 Å². The number of phenols is 1. The van der Waals surface area contributed by atoms with Crippen LogP contribution >= 0.6 is 11.6 Å². The first-order chi connectivity index (χ1) is 13.9. The van der Waals surface area contributed by atoms with Gasteiger partial charge in [0.15, 0.2) is 0 Å². The monoisotopic (exact) mass is 415 g/mol. The highest BCUT2D eigenvalue weighted by atomic mass is 35.5. The maximum absolute atomic E-state index is 12.8. The number of ketones is 1. The second kappa shape index (κ2) is 8.68. The van der Waals surface area contributed by atoms with Gasteiger partial charge < -0.3 is 19.8 Å². The molecule has 1 amide bonds. The van der Waals surface area contributed by atoms with Crippen molar-refractivity contribution >= 4 is 29.1 Å². The van der Waals surface area contributed by atoms with E-state index < -0.39 is 17.7 Å². The van der Waals surface area contributed by atoms with Crippen molar-refractivity contribution < 1.29 is 24.5 Å². The van der Waals surface area contributed by atoms with Crippen LogP contribution in [0.2, 0.25) is 5.02 Å². The minimum atomic E-state index is -0.839. The Kier molecular flexibility index (Phi) is 6.25. The van der Waals surface area contributed by atoms with E-state index >= 15 is 0 Å². The number of Topliss-reactive ketones (excluding diaryl/α,β-unsaturated/α-hetero) is 1. The maximum atomic E-state index is 12.8. The van der Waals surface area contributed by atoms with Gasteiger partial charge in [-0.2, -0.15) is 0 Å². The molecule has 1 aliphatic heterocycles. The van der Waals surface area contributed by atoms with E-state index in [9.17, 15) is 19.8 Å². The highest BCUT2D eigenvalue weighted by Gasteiger charge is 2.46. The summed E-state index contributed by atoms with van der Waals surface area (Å²) < 4.78 is 5.07. The van der Waals surface area contributed by atoms with Crippen molar-refractivity contribution in [3.8, 4) is 5.75 Å². The molecule has 6 nitrogen and oxygen atoms in total. The SMILES string of the molecule is CCc1ccc(/C(O)=C2/C(=O)C(=O)N(CCOC)C2c2ccc(O)c(Cl)c2)cc1. The van der Waals surface area contributed by atoms with Crippen LogP contribution < -0.4 is 0 Å². The highest BCUT2D eigenvalue weighted by molar-refractivity contribution is 6.46. The molecule has 152 valence electrons. The third-order valence-electron chi connectivity index (χ3n) is 5.00. The number of nitrogens with zero attached hydrogens (tertiary/aromatic N) is 1. The number of aliphatic hydroxyl groups is 1. The van der Waals surface area contributed by atoms with Gasteiger partial charge in [-0.1, -0.05) is 48.9 Å². The number of benzene rings is 2. The Morgan fingerprint density at radius 1 is 1.17 bits per heavy atom. The summed E-state index contributed by atoms with van der Waals surface area (Å²) in [6.45, 7) is 2.40. The number of aryl methyl sites for hydroxylation is 1. The molecule has 3 rings (SSSR count). The van der Waals surface area contributed by atoms with Gasteiger partial charge in [0.25, 0.3) is 11.7 Å². The quantitative estimate of drug-likeness (QED) is 0.427. The fraction of sp³-hybridized carbons (Fsp3) is 0.273. The van der Waals surface area contributed by atoms with E-state index in [1.807, 2.05) is 19.1 Å². The highest BCUT2D eigenvalue weighted by Crippen LogP contribution is 2.41. The van der Waals surface area contributed by atoms with Gasteiger partial charge in [0.2, 0.25) is 0 Å². The molecular formula is C22H22ClNO5. The average molecular weight is 416 g/mol. The molecule has 0 aromatic heterocycles. The van der Waals surface area contributed by atoms with Crippen LogP contribution in [0, 0.1) is 0 Å². The lowest BCUT2D eigenvalue weighted by Crippen LogP contribution is -2.32. The summed E-state index contributed by atoms with van der Waals surface area (Å²) in [5.74, 6) is -1.85. The summed E-state index contributed by atoms with van der Waals surface area (Å²) >= 11 is 6.05. The molecule has 2 aromatic rings. The molecule has 1 atom stereocenters. The minimum Gasteiger partial charge on any atom is -0.507 e. The summed E-state index contributed by atoms with van der Waals surface area (Å²) in [6.07, 6.45) is 0.842. The number of carbonyl (C=O) groups excluding carboxylic acids is 2. The first-order valence-corrected chi connectivity index (χ1v) is 9.61. The number of hydrogen-bond donors (Lipinski definition) is 2. The lowest BCUT2D eigenvalue weighted by atomic mass is 9.95. The summed E-state index contributed by atoms with van der Waals surface area (Å²) in [6, 6.07) is 10.8. The van der Waals surface area contributed by atoms with Crippen molar-refractivity contribution in [2.75, 3.05) is 20.3 Å². The fourth-order valence-electron chi connectivity index (χ4n) is 3.39. The molecule has 1 heterocycles. The third-order valence-corrected chi connectivity index (χ3v) is 5.30. The van der Waals surface area contributed by atoms with Gasteiger partial charge in [0.1, 0.15) is 11.5 Å². The largest absolute Gasteiger partial charge is 0.507 e. The lowest BCUT2D eigenvalue weighted by molar-refractivity contribution is -0.140. The van der Waals surface area contributed by atoms with Gasteiger partial charge in [-0.15, -0.1) is 0 Å². The molecular weight excluding hydrogens is 394 g/mol. The third kappa shape index (κ3) is 3.99. The minimum absolute atomic E-state index is 0.0166. The van der Waals surface area contributed by atoms with E-state index in [1.54, 1.807) is 18.2 Å². The summed E-state index contributed by atoms with van der Waals surface area (Å²) in [7, 11) is 1.50. The van der Waals surface area contributed by atoms with Crippen LogP contribution in [0.3, 0.4) is 0 Å². The van der Waals surface area contributed by atoms with Crippen molar-refractivity contribution in [2.24, 2.45) is 0 Å². The van der Waals surface area contributed by atoms with Crippen molar-refractivity contribution in [1.82, 2.24) is 4.90 Å². The summed E-state index contributed by atoms with van der Waals surface area (Å²) in [5.41, 5.74) is 2.03. The molecule has 1 saturated heterocycles. The molecule has 2 aromatic carbocycles. The molecule has 1 fully saturated rings. The number of aromatic hydroxyl groups is 1. The zero-order valence-electron chi connectivity index (χ0n) is 16.2. The van der Waals surface area contributed by atoms with Crippen molar-refractivity contribution in [2.45, 2.75) is 19.4 Å². The van der Waals surface area contributed by atoms with E-state index in [0.717, 1.165) is 12.0 Å². The Morgan fingerprint density at radius 2 is 1.86 bits per heavy atom. The number of methoxy groups -OCH3 is 1. The zero-order chi connectivity index (χ0) is 21.1. The number of halogens is 1. The maximum Gasteiger partial charge on any atom is 0.295 e. The number of rotatable bonds is 6.